The summed E-state index contributed by atoms with van der Waals surface area (Å²) in [5.74, 6) is 0.856. The van der Waals surface area contributed by atoms with Crippen molar-refractivity contribution in [2.75, 3.05) is 43.3 Å². The van der Waals surface area contributed by atoms with Crippen molar-refractivity contribution in [2.45, 2.75) is 6.42 Å². The number of rotatable bonds is 6. The molecule has 0 saturated heterocycles. The zero-order valence-electron chi connectivity index (χ0n) is 18.8. The van der Waals surface area contributed by atoms with Crippen LogP contribution < -0.4 is 25.6 Å². The second kappa shape index (κ2) is 9.84. The zero-order valence-corrected chi connectivity index (χ0v) is 19.6. The fourth-order valence-electron chi connectivity index (χ4n) is 3.52. The summed E-state index contributed by atoms with van der Waals surface area (Å²) in [4.78, 5) is 34.5. The second-order valence-electron chi connectivity index (χ2n) is 7.37. The number of nitrogens with zero attached hydrogens (tertiary/aromatic N) is 3. The van der Waals surface area contributed by atoms with Gasteiger partial charge in [0.15, 0.2) is 5.82 Å². The Morgan fingerprint density at radius 2 is 2.00 bits per heavy atom. The summed E-state index contributed by atoms with van der Waals surface area (Å²) in [6, 6.07) is 10.6. The lowest BCUT2D eigenvalue weighted by atomic mass is 10.1. The molecule has 2 heterocycles. The molecule has 1 aliphatic rings. The smallest absolute Gasteiger partial charge is 0.414 e. The summed E-state index contributed by atoms with van der Waals surface area (Å²) in [5, 5.41) is 9.10. The number of aromatic nitrogens is 2. The van der Waals surface area contributed by atoms with E-state index in [0.29, 0.717) is 47.2 Å². The first-order valence-electron chi connectivity index (χ1n) is 10.4. The van der Waals surface area contributed by atoms with Crippen molar-refractivity contribution < 1.29 is 19.1 Å². The minimum atomic E-state index is -0.432. The molecule has 0 fully saturated rings. The summed E-state index contributed by atoms with van der Waals surface area (Å²) in [5.41, 5.74) is 3.15. The van der Waals surface area contributed by atoms with E-state index in [1.54, 1.807) is 51.5 Å². The van der Waals surface area contributed by atoms with Crippen LogP contribution in [0.1, 0.15) is 15.9 Å². The van der Waals surface area contributed by atoms with E-state index in [-0.39, 0.29) is 16.9 Å². The van der Waals surface area contributed by atoms with Crippen molar-refractivity contribution in [1.29, 1.82) is 0 Å². The van der Waals surface area contributed by atoms with Crippen molar-refractivity contribution in [1.82, 2.24) is 15.3 Å². The van der Waals surface area contributed by atoms with Crippen LogP contribution in [0.2, 0.25) is 5.02 Å². The Labute approximate surface area is 201 Å². The number of cyclic esters (lactones) is 1. The number of fused-ring (bicyclic) bond motifs is 1. The number of anilines is 5. The number of carbonyl (C=O) groups is 2. The van der Waals surface area contributed by atoms with Crippen molar-refractivity contribution in [3.05, 3.63) is 58.7 Å². The molecule has 0 saturated carbocycles. The maximum absolute atomic E-state index is 12.2. The van der Waals surface area contributed by atoms with Gasteiger partial charge in [-0.25, -0.2) is 9.78 Å². The van der Waals surface area contributed by atoms with Gasteiger partial charge in [-0.3, -0.25) is 9.69 Å². The molecule has 0 spiro atoms. The fraction of sp³-hybridized carbons (Fsp3) is 0.217. The third kappa shape index (κ3) is 4.67. The summed E-state index contributed by atoms with van der Waals surface area (Å²) in [6.45, 7) is 0.291. The average Bonchev–Trinajstić information content (AvgIpc) is 2.98. The van der Waals surface area contributed by atoms with Crippen LogP contribution in [0.15, 0.2) is 42.6 Å². The first-order chi connectivity index (χ1) is 16.4. The number of para-hydroxylation sites is 1. The van der Waals surface area contributed by atoms with Gasteiger partial charge in [-0.1, -0.05) is 23.7 Å². The van der Waals surface area contributed by atoms with E-state index >= 15 is 0 Å². The van der Waals surface area contributed by atoms with Crippen LogP contribution >= 0.6 is 11.6 Å². The number of benzene rings is 2. The van der Waals surface area contributed by atoms with Gasteiger partial charge in [0.05, 0.1) is 42.5 Å². The van der Waals surface area contributed by atoms with Crippen LogP contribution in [-0.2, 0) is 11.2 Å². The van der Waals surface area contributed by atoms with Gasteiger partial charge in [-0.05, 0) is 29.8 Å². The molecular formula is C23H23ClN6O4. The summed E-state index contributed by atoms with van der Waals surface area (Å²) in [6.07, 6.45) is 1.58. The molecule has 2 amide bonds. The summed E-state index contributed by atoms with van der Waals surface area (Å²) < 4.78 is 10.7. The van der Waals surface area contributed by atoms with E-state index in [9.17, 15) is 9.59 Å². The normalized spacial score (nSPS) is 12.8. The van der Waals surface area contributed by atoms with Crippen LogP contribution in [-0.4, -0.2) is 49.8 Å². The van der Waals surface area contributed by atoms with Gasteiger partial charge >= 0.3 is 6.09 Å². The molecule has 0 aliphatic carbocycles. The van der Waals surface area contributed by atoms with Gasteiger partial charge in [0.2, 0.25) is 5.95 Å². The highest BCUT2D eigenvalue weighted by atomic mass is 35.5. The van der Waals surface area contributed by atoms with Gasteiger partial charge in [-0.15, -0.1) is 0 Å². The van der Waals surface area contributed by atoms with Crippen molar-refractivity contribution >= 4 is 52.4 Å². The number of amides is 2. The maximum atomic E-state index is 12.2. The minimum Gasteiger partial charge on any atom is -0.495 e. The lowest BCUT2D eigenvalue weighted by Crippen LogP contribution is -2.25. The second-order valence-corrected chi connectivity index (χ2v) is 7.78. The van der Waals surface area contributed by atoms with Crippen LogP contribution in [0.5, 0.6) is 5.75 Å². The molecule has 0 unspecified atom stereocenters. The molecule has 1 aliphatic heterocycles. The molecule has 3 N–H and O–H groups in total. The highest BCUT2D eigenvalue weighted by Gasteiger charge is 2.23. The molecule has 4 rings (SSSR count). The topological polar surface area (TPSA) is 118 Å². The fourth-order valence-corrected chi connectivity index (χ4v) is 3.66. The number of hydrogen-bond acceptors (Lipinski definition) is 8. The van der Waals surface area contributed by atoms with E-state index in [1.165, 1.54) is 11.1 Å². The number of carbonyl (C=O) groups excluding carboxylic acids is 2. The van der Waals surface area contributed by atoms with E-state index in [4.69, 9.17) is 21.1 Å². The van der Waals surface area contributed by atoms with Crippen molar-refractivity contribution in [2.24, 2.45) is 0 Å². The lowest BCUT2D eigenvalue weighted by Gasteiger charge is -2.19. The number of ether oxygens (including phenoxy) is 2. The Morgan fingerprint density at radius 1 is 1.21 bits per heavy atom. The monoisotopic (exact) mass is 482 g/mol. The molecule has 2 aromatic carbocycles. The van der Waals surface area contributed by atoms with E-state index in [0.717, 1.165) is 5.56 Å². The van der Waals surface area contributed by atoms with Crippen LogP contribution in [0.4, 0.5) is 33.6 Å². The molecule has 0 atom stereocenters. The molecule has 11 heteroatoms. The first-order valence-corrected chi connectivity index (χ1v) is 10.8. The SMILES string of the molecule is CNC(=O)c1ccccc1Nc1nc(Nc2cc3c(cc2OC)CCOC(=O)N3C)ncc1Cl. The summed E-state index contributed by atoms with van der Waals surface area (Å²) >= 11 is 6.32. The van der Waals surface area contributed by atoms with Gasteiger partial charge in [0.25, 0.3) is 5.91 Å². The molecule has 176 valence electrons. The standard InChI is InChI=1S/C23H23ClN6O4/c1-25-21(31)14-6-4-5-7-16(14)27-20-15(24)12-26-22(29-20)28-17-11-18-13(10-19(17)33-3)8-9-34-23(32)30(18)2/h4-7,10-12H,8-9H2,1-3H3,(H,25,31)(H2,26,27,28,29). The minimum absolute atomic E-state index is 0.237. The Morgan fingerprint density at radius 3 is 2.76 bits per heavy atom. The predicted octanol–water partition coefficient (Wildman–Crippen LogP) is 4.11. The average molecular weight is 483 g/mol. The summed E-state index contributed by atoms with van der Waals surface area (Å²) in [7, 11) is 4.76. The molecule has 1 aromatic heterocycles. The zero-order chi connectivity index (χ0) is 24.2. The van der Waals surface area contributed by atoms with Crippen LogP contribution in [0.25, 0.3) is 0 Å². The molecule has 0 radical (unpaired) electrons. The maximum Gasteiger partial charge on any atom is 0.414 e. The van der Waals surface area contributed by atoms with Gasteiger partial charge < -0.3 is 25.4 Å². The largest absolute Gasteiger partial charge is 0.495 e. The van der Waals surface area contributed by atoms with Gasteiger partial charge in [-0.2, -0.15) is 4.98 Å². The molecule has 3 aromatic rings. The third-order valence-electron chi connectivity index (χ3n) is 5.28. The Kier molecular flexibility index (Phi) is 6.69. The number of methoxy groups -OCH3 is 1. The predicted molar refractivity (Wildman–Crippen MR) is 130 cm³/mol. The number of hydrogen-bond donors (Lipinski definition) is 3. The van der Waals surface area contributed by atoms with E-state index in [2.05, 4.69) is 25.9 Å². The molecular weight excluding hydrogens is 460 g/mol. The van der Waals surface area contributed by atoms with Crippen LogP contribution in [0.3, 0.4) is 0 Å². The van der Waals surface area contributed by atoms with Crippen molar-refractivity contribution in [3.8, 4) is 5.75 Å². The highest BCUT2D eigenvalue weighted by Crippen LogP contribution is 2.36. The van der Waals surface area contributed by atoms with E-state index in [1.807, 2.05) is 6.07 Å². The molecule has 0 bridgehead atoms. The number of nitrogens with one attached hydrogen (secondary N) is 3. The van der Waals surface area contributed by atoms with Crippen molar-refractivity contribution in [3.63, 3.8) is 0 Å². The number of halogens is 1. The Balaban J connectivity index is 1.67. The quantitative estimate of drug-likeness (QED) is 0.480. The van der Waals surface area contributed by atoms with E-state index < -0.39 is 6.09 Å². The van der Waals surface area contributed by atoms with Gasteiger partial charge in [0, 0.05) is 20.5 Å². The Bertz CT molecular complexity index is 1250. The van der Waals surface area contributed by atoms with Gasteiger partial charge in [0.1, 0.15) is 10.8 Å². The molecule has 10 nitrogen and oxygen atoms in total. The van der Waals surface area contributed by atoms with Crippen LogP contribution in [0, 0.1) is 0 Å². The lowest BCUT2D eigenvalue weighted by molar-refractivity contribution is 0.0964. The molecule has 34 heavy (non-hydrogen) atoms. The first kappa shape index (κ1) is 23.1. The third-order valence-corrected chi connectivity index (χ3v) is 5.55. The Hall–Kier alpha value is -4.05. The highest BCUT2D eigenvalue weighted by molar-refractivity contribution is 6.33.